The third-order valence-electron chi connectivity index (χ3n) is 6.32. The second-order valence-electron chi connectivity index (χ2n) is 8.33. The molecule has 0 radical (unpaired) electrons. The zero-order valence-electron chi connectivity index (χ0n) is 17.6. The second-order valence-corrected chi connectivity index (χ2v) is 8.33. The molecule has 0 amide bonds. The lowest BCUT2D eigenvalue weighted by Crippen LogP contribution is -2.46. The third kappa shape index (κ3) is 4.19. The Balaban J connectivity index is 1.44. The number of carbonyl (C=O) groups is 1. The molecule has 6 nitrogen and oxygen atoms in total. The molecule has 3 aromatic rings. The first-order valence-electron chi connectivity index (χ1n) is 11.0. The van der Waals surface area contributed by atoms with Gasteiger partial charge in [0.2, 0.25) is 0 Å². The van der Waals surface area contributed by atoms with Crippen LogP contribution in [0, 0.1) is 0 Å². The fraction of sp³-hybridized carbons (Fsp3) is 0.360. The van der Waals surface area contributed by atoms with Crippen molar-refractivity contribution in [2.75, 3.05) is 39.3 Å². The van der Waals surface area contributed by atoms with Crippen molar-refractivity contribution in [1.82, 2.24) is 14.8 Å². The van der Waals surface area contributed by atoms with Crippen LogP contribution in [-0.2, 0) is 13.0 Å². The molecular weight excluding hydrogens is 390 g/mol. The molecule has 31 heavy (non-hydrogen) atoms. The van der Waals surface area contributed by atoms with E-state index >= 15 is 0 Å². The number of β-amino-alcohol motifs (C(OH)–C–C–N with tert-alkyl or cyclic N) is 1. The number of nitrogens with zero attached hydrogens (tertiary/aromatic N) is 3. The minimum Gasteiger partial charge on any atom is -0.459 e. The van der Waals surface area contributed by atoms with Crippen LogP contribution >= 0.6 is 0 Å². The molecule has 1 fully saturated rings. The minimum absolute atomic E-state index is 0.212. The number of fused-ring (bicyclic) bond motifs is 1. The number of rotatable bonds is 6. The molecule has 2 aromatic heterocycles. The molecule has 6 heteroatoms. The van der Waals surface area contributed by atoms with Crippen molar-refractivity contribution in [3.8, 4) is 22.5 Å². The molecule has 1 aliphatic carbocycles. The van der Waals surface area contributed by atoms with E-state index in [-0.39, 0.29) is 12.4 Å². The van der Waals surface area contributed by atoms with Gasteiger partial charge in [-0.15, -0.1) is 0 Å². The highest BCUT2D eigenvalue weighted by atomic mass is 16.3. The third-order valence-corrected chi connectivity index (χ3v) is 6.32. The number of carbonyl (C=O) groups excluding carboxylic acids is 1. The van der Waals surface area contributed by atoms with Gasteiger partial charge >= 0.3 is 0 Å². The maximum Gasteiger partial charge on any atom is 0.163 e. The van der Waals surface area contributed by atoms with Gasteiger partial charge in [0.25, 0.3) is 0 Å². The lowest BCUT2D eigenvalue weighted by molar-refractivity contribution is 0.0994. The van der Waals surface area contributed by atoms with Gasteiger partial charge in [0.1, 0.15) is 11.5 Å². The first kappa shape index (κ1) is 20.1. The van der Waals surface area contributed by atoms with Crippen LogP contribution in [0.25, 0.3) is 22.5 Å². The molecule has 3 heterocycles. The normalized spacial score (nSPS) is 17.3. The highest BCUT2D eigenvalue weighted by Crippen LogP contribution is 2.37. The zero-order valence-corrected chi connectivity index (χ0v) is 17.6. The van der Waals surface area contributed by atoms with Crippen molar-refractivity contribution in [2.45, 2.75) is 19.4 Å². The highest BCUT2D eigenvalue weighted by Gasteiger charge is 2.23. The lowest BCUT2D eigenvalue weighted by atomic mass is 9.99. The van der Waals surface area contributed by atoms with E-state index in [1.807, 2.05) is 24.3 Å². The summed E-state index contributed by atoms with van der Waals surface area (Å²) in [6.45, 7) is 5.56. The predicted octanol–water partition coefficient (Wildman–Crippen LogP) is 3.25. The number of benzene rings is 1. The van der Waals surface area contributed by atoms with E-state index in [1.54, 1.807) is 12.4 Å². The summed E-state index contributed by atoms with van der Waals surface area (Å²) in [6, 6.07) is 12.2. The summed E-state index contributed by atoms with van der Waals surface area (Å²) < 4.78 is 6.42. The van der Waals surface area contributed by atoms with Gasteiger partial charge in [-0.25, -0.2) is 0 Å². The standard InChI is InChI=1S/C25H27N3O3/c29-14-13-27-9-11-28(12-10-27)17-21-16-23(18-5-7-26-8-6-18)25(31-21)20-1-3-22-19(15-20)2-4-24(22)30/h1,3,5-8,15-16,29H,2,4,9-14,17H2. The van der Waals surface area contributed by atoms with Crippen LogP contribution in [0.15, 0.2) is 53.2 Å². The van der Waals surface area contributed by atoms with Crippen LogP contribution < -0.4 is 0 Å². The Kier molecular flexibility index (Phi) is 5.68. The first-order valence-corrected chi connectivity index (χ1v) is 11.0. The van der Waals surface area contributed by atoms with E-state index in [0.29, 0.717) is 6.42 Å². The smallest absolute Gasteiger partial charge is 0.163 e. The van der Waals surface area contributed by atoms with Gasteiger partial charge < -0.3 is 9.52 Å². The topological polar surface area (TPSA) is 69.8 Å². The predicted molar refractivity (Wildman–Crippen MR) is 119 cm³/mol. The van der Waals surface area contributed by atoms with Crippen LogP contribution in [0.3, 0.4) is 0 Å². The Morgan fingerprint density at radius 3 is 2.45 bits per heavy atom. The number of furan rings is 1. The SMILES string of the molecule is O=C1CCc2cc(-c3oc(CN4CCN(CCO)CC4)cc3-c3ccncc3)ccc21. The molecule has 1 saturated heterocycles. The molecule has 0 saturated carbocycles. The number of aryl methyl sites for hydroxylation is 1. The molecule has 1 aliphatic heterocycles. The van der Waals surface area contributed by atoms with E-state index in [9.17, 15) is 4.79 Å². The number of piperazine rings is 1. The molecule has 5 rings (SSSR count). The van der Waals surface area contributed by atoms with Crippen LogP contribution in [0.2, 0.25) is 0 Å². The van der Waals surface area contributed by atoms with E-state index in [2.05, 4.69) is 26.9 Å². The van der Waals surface area contributed by atoms with E-state index in [0.717, 1.165) is 85.0 Å². The van der Waals surface area contributed by atoms with Gasteiger partial charge in [-0.05, 0) is 41.8 Å². The van der Waals surface area contributed by atoms with Crippen LogP contribution in [0.4, 0.5) is 0 Å². The molecule has 1 aromatic carbocycles. The number of aromatic nitrogens is 1. The second kappa shape index (κ2) is 8.75. The zero-order chi connectivity index (χ0) is 21.2. The average molecular weight is 418 g/mol. The van der Waals surface area contributed by atoms with E-state index in [1.165, 1.54) is 0 Å². The number of hydrogen-bond donors (Lipinski definition) is 1. The Hall–Kier alpha value is -2.80. The van der Waals surface area contributed by atoms with Crippen molar-refractivity contribution >= 4 is 5.78 Å². The van der Waals surface area contributed by atoms with Crippen molar-refractivity contribution in [3.05, 3.63) is 65.7 Å². The summed E-state index contributed by atoms with van der Waals surface area (Å²) in [5, 5.41) is 9.15. The van der Waals surface area contributed by atoms with Gasteiger partial charge in [0.15, 0.2) is 5.78 Å². The van der Waals surface area contributed by atoms with Gasteiger partial charge in [0, 0.05) is 68.2 Å². The maximum atomic E-state index is 12.0. The molecule has 2 aliphatic rings. The van der Waals surface area contributed by atoms with Gasteiger partial charge in [-0.1, -0.05) is 12.1 Å². The van der Waals surface area contributed by atoms with Crippen molar-refractivity contribution in [1.29, 1.82) is 0 Å². The summed E-state index contributed by atoms with van der Waals surface area (Å²) in [6.07, 6.45) is 5.00. The van der Waals surface area contributed by atoms with E-state index < -0.39 is 0 Å². The molecule has 0 bridgehead atoms. The maximum absolute atomic E-state index is 12.0. The lowest BCUT2D eigenvalue weighted by Gasteiger charge is -2.33. The summed E-state index contributed by atoms with van der Waals surface area (Å²) in [5.74, 6) is 2.02. The fourth-order valence-electron chi connectivity index (χ4n) is 4.61. The van der Waals surface area contributed by atoms with Gasteiger partial charge in [-0.2, -0.15) is 0 Å². The highest BCUT2D eigenvalue weighted by molar-refractivity contribution is 6.01. The number of ketones is 1. The number of hydrogen-bond acceptors (Lipinski definition) is 6. The van der Waals surface area contributed by atoms with Crippen LogP contribution in [0.1, 0.15) is 28.1 Å². The van der Waals surface area contributed by atoms with Crippen LogP contribution in [0.5, 0.6) is 0 Å². The molecule has 160 valence electrons. The van der Waals surface area contributed by atoms with Gasteiger partial charge in [-0.3, -0.25) is 19.6 Å². The van der Waals surface area contributed by atoms with Crippen molar-refractivity contribution in [2.24, 2.45) is 0 Å². The first-order chi connectivity index (χ1) is 15.2. The molecular formula is C25H27N3O3. The Bertz CT molecular complexity index is 1070. The Morgan fingerprint density at radius 1 is 0.903 bits per heavy atom. The van der Waals surface area contributed by atoms with Crippen LogP contribution in [-0.4, -0.2) is 65.0 Å². The summed E-state index contributed by atoms with van der Waals surface area (Å²) >= 11 is 0. The molecule has 0 atom stereocenters. The number of aliphatic hydroxyl groups is 1. The quantitative estimate of drug-likeness (QED) is 0.664. The fourth-order valence-corrected chi connectivity index (χ4v) is 4.61. The Labute approximate surface area is 182 Å². The van der Waals surface area contributed by atoms with Crippen molar-refractivity contribution in [3.63, 3.8) is 0 Å². The van der Waals surface area contributed by atoms with Gasteiger partial charge in [0.05, 0.1) is 13.2 Å². The number of aliphatic hydroxyl groups excluding tert-OH is 1. The molecule has 1 N–H and O–H groups in total. The largest absolute Gasteiger partial charge is 0.459 e. The number of Topliss-reactive ketones (excluding diaryl/α,β-unsaturated/α-hetero) is 1. The van der Waals surface area contributed by atoms with E-state index in [4.69, 9.17) is 9.52 Å². The summed E-state index contributed by atoms with van der Waals surface area (Å²) in [4.78, 5) is 20.9. The summed E-state index contributed by atoms with van der Waals surface area (Å²) in [5.41, 5.74) is 5.10. The molecule has 0 unspecified atom stereocenters. The minimum atomic E-state index is 0.212. The average Bonchev–Trinajstić information content (AvgIpc) is 3.39. The van der Waals surface area contributed by atoms with Crippen molar-refractivity contribution < 1.29 is 14.3 Å². The monoisotopic (exact) mass is 417 g/mol. The summed E-state index contributed by atoms with van der Waals surface area (Å²) in [7, 11) is 0. The molecule has 0 spiro atoms. The number of pyridine rings is 1. The Morgan fingerprint density at radius 2 is 1.68 bits per heavy atom.